The van der Waals surface area contributed by atoms with Crippen LogP contribution in [0.25, 0.3) is 0 Å². The summed E-state index contributed by atoms with van der Waals surface area (Å²) in [5, 5.41) is 11.5. The number of amides is 1. The zero-order valence-electron chi connectivity index (χ0n) is 14.1. The van der Waals surface area contributed by atoms with Gasteiger partial charge in [-0.15, -0.1) is 0 Å². The van der Waals surface area contributed by atoms with Gasteiger partial charge in [-0.1, -0.05) is 19.9 Å². The van der Waals surface area contributed by atoms with Gasteiger partial charge < -0.3 is 15.2 Å². The molecule has 1 aromatic rings. The van der Waals surface area contributed by atoms with E-state index in [2.05, 4.69) is 19.2 Å². The Morgan fingerprint density at radius 2 is 1.82 bits per heavy atom. The molecule has 2 N–H and O–H groups in total. The summed E-state index contributed by atoms with van der Waals surface area (Å²) in [6, 6.07) is 5.71. The molecule has 1 atom stereocenters. The number of benzene rings is 1. The van der Waals surface area contributed by atoms with Crippen molar-refractivity contribution >= 4 is 11.9 Å². The van der Waals surface area contributed by atoms with Crippen LogP contribution in [-0.2, 0) is 9.59 Å². The van der Waals surface area contributed by atoms with Gasteiger partial charge in [-0.25, -0.2) is 4.79 Å². The highest BCUT2D eigenvalue weighted by atomic mass is 16.5. The van der Waals surface area contributed by atoms with E-state index in [1.54, 1.807) is 6.92 Å². The third-order valence-electron chi connectivity index (χ3n) is 3.52. The average molecular weight is 307 g/mol. The number of carboxylic acid groups (broad SMARTS) is 1. The molecule has 0 aliphatic carbocycles. The van der Waals surface area contributed by atoms with Gasteiger partial charge in [-0.05, 0) is 56.9 Å². The molecule has 0 aliphatic heterocycles. The minimum absolute atomic E-state index is 0.422. The lowest BCUT2D eigenvalue weighted by Crippen LogP contribution is -2.53. The number of aryl methyl sites for hydroxylation is 1. The monoisotopic (exact) mass is 307 g/mol. The molecule has 0 bridgehead atoms. The fourth-order valence-corrected chi connectivity index (χ4v) is 2.09. The lowest BCUT2D eigenvalue weighted by molar-refractivity contribution is -0.147. The molecule has 1 amide bonds. The van der Waals surface area contributed by atoms with Crippen molar-refractivity contribution in [2.45, 2.75) is 59.1 Å². The largest absolute Gasteiger partial charge is 0.481 e. The van der Waals surface area contributed by atoms with E-state index in [0.717, 1.165) is 5.56 Å². The molecule has 122 valence electrons. The number of carboxylic acids is 1. The molecular formula is C17H25NO4. The van der Waals surface area contributed by atoms with Crippen molar-refractivity contribution in [2.75, 3.05) is 0 Å². The van der Waals surface area contributed by atoms with Gasteiger partial charge in [0.25, 0.3) is 5.91 Å². The molecule has 0 spiro atoms. The fraction of sp³-hybridized carbons (Fsp3) is 0.529. The van der Waals surface area contributed by atoms with Crippen molar-refractivity contribution in [2.24, 2.45) is 0 Å². The van der Waals surface area contributed by atoms with Crippen molar-refractivity contribution in [3.8, 4) is 5.75 Å². The van der Waals surface area contributed by atoms with Gasteiger partial charge in [0.05, 0.1) is 0 Å². The predicted octanol–water partition coefficient (Wildman–Crippen LogP) is 2.87. The number of carbonyl (C=O) groups excluding carboxylic acids is 1. The molecule has 1 aromatic carbocycles. The van der Waals surface area contributed by atoms with E-state index >= 15 is 0 Å². The van der Waals surface area contributed by atoms with Crippen LogP contribution < -0.4 is 10.1 Å². The van der Waals surface area contributed by atoms with Crippen molar-refractivity contribution in [3.05, 3.63) is 29.3 Å². The van der Waals surface area contributed by atoms with Crippen molar-refractivity contribution in [1.29, 1.82) is 0 Å². The Morgan fingerprint density at radius 1 is 1.23 bits per heavy atom. The van der Waals surface area contributed by atoms with Crippen LogP contribution in [0.1, 0.15) is 51.7 Å². The van der Waals surface area contributed by atoms with Gasteiger partial charge in [0, 0.05) is 0 Å². The maximum atomic E-state index is 12.0. The minimum Gasteiger partial charge on any atom is -0.481 e. The second-order valence-electron chi connectivity index (χ2n) is 6.35. The number of aliphatic carboxylic acids is 1. The summed E-state index contributed by atoms with van der Waals surface area (Å²) >= 11 is 0. The zero-order chi connectivity index (χ0) is 17.1. The van der Waals surface area contributed by atoms with Crippen molar-refractivity contribution < 1.29 is 19.4 Å². The number of carbonyl (C=O) groups is 2. The number of nitrogens with one attached hydrogen (secondary N) is 1. The van der Waals surface area contributed by atoms with Gasteiger partial charge in [0.2, 0.25) is 0 Å². The topological polar surface area (TPSA) is 75.6 Å². The minimum atomic E-state index is -1.33. The first kappa shape index (κ1) is 18.0. The third-order valence-corrected chi connectivity index (χ3v) is 3.52. The van der Waals surface area contributed by atoms with Crippen LogP contribution in [0.4, 0.5) is 0 Å². The number of ether oxygens (including phenoxy) is 1. The van der Waals surface area contributed by atoms with Crippen LogP contribution in [0, 0.1) is 6.92 Å². The lowest BCUT2D eigenvalue weighted by atomic mass is 9.98. The molecule has 5 nitrogen and oxygen atoms in total. The first-order valence-corrected chi connectivity index (χ1v) is 7.37. The summed E-state index contributed by atoms with van der Waals surface area (Å²) in [5.74, 6) is -0.535. The van der Waals surface area contributed by atoms with E-state index in [9.17, 15) is 9.59 Å². The van der Waals surface area contributed by atoms with E-state index in [4.69, 9.17) is 9.84 Å². The van der Waals surface area contributed by atoms with E-state index < -0.39 is 23.5 Å². The Balaban J connectivity index is 2.76. The van der Waals surface area contributed by atoms with Crippen LogP contribution in [0.15, 0.2) is 18.2 Å². The molecular weight excluding hydrogens is 282 g/mol. The standard InChI is InChI=1S/C17H25NO4/c1-10(2)14-8-7-13(9-11(14)3)22-12(4)15(19)18-17(5,6)16(20)21/h7-10,12H,1-6H3,(H,18,19)(H,20,21). The van der Waals surface area contributed by atoms with E-state index in [0.29, 0.717) is 11.7 Å². The Kier molecular flexibility index (Phi) is 5.58. The van der Waals surface area contributed by atoms with Crippen LogP contribution in [0.3, 0.4) is 0 Å². The second kappa shape index (κ2) is 6.81. The quantitative estimate of drug-likeness (QED) is 0.847. The summed E-state index contributed by atoms with van der Waals surface area (Å²) in [6.07, 6.45) is -0.775. The van der Waals surface area contributed by atoms with Crippen LogP contribution in [-0.4, -0.2) is 28.6 Å². The first-order chi connectivity index (χ1) is 10.0. The fourth-order valence-electron chi connectivity index (χ4n) is 2.09. The molecule has 0 heterocycles. The van der Waals surface area contributed by atoms with Gasteiger partial charge in [-0.2, -0.15) is 0 Å². The molecule has 0 saturated heterocycles. The summed E-state index contributed by atoms with van der Waals surface area (Å²) < 4.78 is 5.61. The predicted molar refractivity (Wildman–Crippen MR) is 85.2 cm³/mol. The molecule has 5 heteroatoms. The highest BCUT2D eigenvalue weighted by Gasteiger charge is 2.31. The molecule has 1 unspecified atom stereocenters. The highest BCUT2D eigenvalue weighted by Crippen LogP contribution is 2.24. The molecule has 0 aromatic heterocycles. The third kappa shape index (κ3) is 4.48. The van der Waals surface area contributed by atoms with Crippen molar-refractivity contribution in [1.82, 2.24) is 5.32 Å². The van der Waals surface area contributed by atoms with E-state index in [1.807, 2.05) is 25.1 Å². The number of hydrogen-bond donors (Lipinski definition) is 2. The summed E-state index contributed by atoms with van der Waals surface area (Å²) in [5.41, 5.74) is 1.01. The van der Waals surface area contributed by atoms with E-state index in [-0.39, 0.29) is 0 Å². The average Bonchev–Trinajstić information content (AvgIpc) is 2.37. The summed E-state index contributed by atoms with van der Waals surface area (Å²) in [4.78, 5) is 23.1. The molecule has 0 saturated carbocycles. The van der Waals surface area contributed by atoms with Crippen molar-refractivity contribution in [3.63, 3.8) is 0 Å². The summed E-state index contributed by atoms with van der Waals surface area (Å²) in [7, 11) is 0. The first-order valence-electron chi connectivity index (χ1n) is 7.37. The lowest BCUT2D eigenvalue weighted by Gasteiger charge is -2.24. The van der Waals surface area contributed by atoms with Gasteiger partial charge >= 0.3 is 5.97 Å². The number of hydrogen-bond acceptors (Lipinski definition) is 3. The van der Waals surface area contributed by atoms with Crippen LogP contribution in [0.2, 0.25) is 0 Å². The van der Waals surface area contributed by atoms with Crippen LogP contribution in [0.5, 0.6) is 5.75 Å². The second-order valence-corrected chi connectivity index (χ2v) is 6.35. The molecule has 22 heavy (non-hydrogen) atoms. The Labute approximate surface area is 131 Å². The van der Waals surface area contributed by atoms with E-state index in [1.165, 1.54) is 19.4 Å². The molecule has 1 rings (SSSR count). The number of rotatable bonds is 6. The van der Waals surface area contributed by atoms with Gasteiger partial charge in [0.1, 0.15) is 11.3 Å². The van der Waals surface area contributed by atoms with Gasteiger partial charge in [-0.3, -0.25) is 4.79 Å². The molecule has 0 fully saturated rings. The van der Waals surface area contributed by atoms with Gasteiger partial charge in [0.15, 0.2) is 6.10 Å². The molecule has 0 radical (unpaired) electrons. The molecule has 0 aliphatic rings. The summed E-state index contributed by atoms with van der Waals surface area (Å²) in [6.45, 7) is 10.7. The normalized spacial score (nSPS) is 12.9. The maximum absolute atomic E-state index is 12.0. The Hall–Kier alpha value is -2.04. The zero-order valence-corrected chi connectivity index (χ0v) is 14.1. The highest BCUT2D eigenvalue weighted by molar-refractivity contribution is 5.88. The SMILES string of the molecule is Cc1cc(OC(C)C(=O)NC(C)(C)C(=O)O)ccc1C(C)C. The van der Waals surface area contributed by atoms with Crippen LogP contribution >= 0.6 is 0 Å². The Bertz CT molecular complexity index is 564. The smallest absolute Gasteiger partial charge is 0.328 e. The Morgan fingerprint density at radius 3 is 2.27 bits per heavy atom. The maximum Gasteiger partial charge on any atom is 0.328 e.